The number of benzene rings is 1. The number of hydrogen-bond acceptors (Lipinski definition) is 6. The van der Waals surface area contributed by atoms with Crippen LogP contribution in [0.15, 0.2) is 36.4 Å². The van der Waals surface area contributed by atoms with E-state index in [0.29, 0.717) is 30.3 Å². The summed E-state index contributed by atoms with van der Waals surface area (Å²) in [7, 11) is 0. The van der Waals surface area contributed by atoms with Crippen LogP contribution >= 0.6 is 11.3 Å². The van der Waals surface area contributed by atoms with E-state index in [1.165, 1.54) is 11.3 Å². The Morgan fingerprint density at radius 3 is 2.63 bits per heavy atom. The zero-order valence-corrected chi connectivity index (χ0v) is 20.5. The first-order valence-corrected chi connectivity index (χ1v) is 12.7. The van der Waals surface area contributed by atoms with Gasteiger partial charge in [-0.05, 0) is 42.7 Å². The van der Waals surface area contributed by atoms with Crippen molar-refractivity contribution in [3.05, 3.63) is 53.3 Å². The van der Waals surface area contributed by atoms with Gasteiger partial charge in [-0.2, -0.15) is 5.26 Å². The molecule has 35 heavy (non-hydrogen) atoms. The molecule has 2 aliphatic rings. The number of rotatable bonds is 5. The van der Waals surface area contributed by atoms with E-state index in [2.05, 4.69) is 42.7 Å². The summed E-state index contributed by atoms with van der Waals surface area (Å²) < 4.78 is 0. The van der Waals surface area contributed by atoms with Crippen LogP contribution in [0.3, 0.4) is 0 Å². The Balaban J connectivity index is 1.50. The van der Waals surface area contributed by atoms with Gasteiger partial charge in [0.05, 0.1) is 28.1 Å². The van der Waals surface area contributed by atoms with Gasteiger partial charge in [0.1, 0.15) is 0 Å². The third kappa shape index (κ3) is 4.49. The van der Waals surface area contributed by atoms with Crippen LogP contribution in [0.1, 0.15) is 30.8 Å². The number of aromatic nitrogens is 2. The second-order valence-corrected chi connectivity index (χ2v) is 9.88. The smallest absolute Gasteiger partial charge is 0.323 e. The molecule has 0 saturated carbocycles. The second-order valence-electron chi connectivity index (χ2n) is 8.88. The molecule has 3 aromatic rings. The molecule has 2 aromatic heterocycles. The van der Waals surface area contributed by atoms with Crippen molar-refractivity contribution in [1.29, 1.82) is 5.26 Å². The number of nitriles is 1. The maximum atomic E-state index is 13.0. The van der Waals surface area contributed by atoms with Gasteiger partial charge >= 0.3 is 6.03 Å². The van der Waals surface area contributed by atoms with E-state index in [9.17, 15) is 14.9 Å². The van der Waals surface area contributed by atoms with Crippen molar-refractivity contribution in [2.24, 2.45) is 11.8 Å². The van der Waals surface area contributed by atoms with E-state index in [4.69, 9.17) is 9.97 Å². The van der Waals surface area contributed by atoms with Crippen LogP contribution in [0, 0.1) is 23.2 Å². The highest BCUT2D eigenvalue weighted by atomic mass is 32.1. The van der Waals surface area contributed by atoms with E-state index in [0.717, 1.165) is 45.9 Å². The highest BCUT2D eigenvalue weighted by molar-refractivity contribution is 7.19. The molecule has 4 heterocycles. The van der Waals surface area contributed by atoms with Gasteiger partial charge in [0.2, 0.25) is 5.91 Å². The zero-order valence-electron chi connectivity index (χ0n) is 19.7. The van der Waals surface area contributed by atoms with Gasteiger partial charge in [-0.25, -0.2) is 9.78 Å². The highest BCUT2D eigenvalue weighted by Crippen LogP contribution is 2.40. The molecular formula is C26H26N6O2S. The molecule has 0 aliphatic carbocycles. The molecule has 9 heteroatoms. The standard InChI is InChI=1S/C26H26N6O2S/c1-3-19-9-17(10-20(4-2)29-19)23-22(16-7-5-6-15(8-16)11-27)30-25(35-23)31-26(34)32-13-18-12-28-24(33)21(18)14-32/h5-10,18,21H,3-4,12-14H2,1-2H3,(H,28,33)(H,30,31,34)/t18-,21+/m0/s1. The number of hydrogen-bond donors (Lipinski definition) is 2. The number of fused-ring (bicyclic) bond motifs is 1. The van der Waals surface area contributed by atoms with Crippen LogP contribution in [-0.2, 0) is 17.6 Å². The van der Waals surface area contributed by atoms with Crippen molar-refractivity contribution < 1.29 is 9.59 Å². The molecule has 2 saturated heterocycles. The van der Waals surface area contributed by atoms with E-state index >= 15 is 0 Å². The van der Waals surface area contributed by atoms with E-state index in [-0.39, 0.29) is 23.8 Å². The number of pyridine rings is 1. The molecular weight excluding hydrogens is 460 g/mol. The van der Waals surface area contributed by atoms with Crippen LogP contribution in [0.25, 0.3) is 21.7 Å². The van der Waals surface area contributed by atoms with Gasteiger partial charge in [0.15, 0.2) is 5.13 Å². The molecule has 2 fully saturated rings. The quantitative estimate of drug-likeness (QED) is 0.565. The number of carbonyl (C=O) groups excluding carboxylic acids is 2. The van der Waals surface area contributed by atoms with Crippen LogP contribution in [0.4, 0.5) is 9.93 Å². The Hall–Kier alpha value is -3.77. The average molecular weight is 487 g/mol. The molecule has 1 aromatic carbocycles. The lowest BCUT2D eigenvalue weighted by atomic mass is 10.0. The van der Waals surface area contributed by atoms with Crippen LogP contribution in [0.5, 0.6) is 0 Å². The van der Waals surface area contributed by atoms with Crippen molar-refractivity contribution in [3.8, 4) is 27.8 Å². The summed E-state index contributed by atoms with van der Waals surface area (Å²) in [6.07, 6.45) is 1.63. The first kappa shape index (κ1) is 23.0. The number of nitrogens with zero attached hydrogens (tertiary/aromatic N) is 4. The van der Waals surface area contributed by atoms with Crippen LogP contribution in [-0.4, -0.2) is 46.4 Å². The summed E-state index contributed by atoms with van der Waals surface area (Å²) in [6, 6.07) is 13.4. The number of anilines is 1. The third-order valence-electron chi connectivity index (χ3n) is 6.63. The second kappa shape index (κ2) is 9.47. The predicted molar refractivity (Wildman–Crippen MR) is 135 cm³/mol. The topological polar surface area (TPSA) is 111 Å². The number of urea groups is 1. The number of aryl methyl sites for hydroxylation is 2. The summed E-state index contributed by atoms with van der Waals surface area (Å²) >= 11 is 1.41. The van der Waals surface area contributed by atoms with Crippen LogP contribution < -0.4 is 10.6 Å². The Kier molecular flexibility index (Phi) is 6.22. The minimum Gasteiger partial charge on any atom is -0.355 e. The monoisotopic (exact) mass is 486 g/mol. The molecule has 0 radical (unpaired) electrons. The average Bonchev–Trinajstić information content (AvgIpc) is 3.59. The molecule has 5 rings (SSSR count). The summed E-state index contributed by atoms with van der Waals surface area (Å²) in [5, 5.41) is 15.7. The molecule has 3 amide bonds. The van der Waals surface area contributed by atoms with E-state index < -0.39 is 0 Å². The lowest BCUT2D eigenvalue weighted by Gasteiger charge is -2.16. The highest BCUT2D eigenvalue weighted by Gasteiger charge is 2.43. The summed E-state index contributed by atoms with van der Waals surface area (Å²) in [5.74, 6) is 0.0624. The molecule has 8 nitrogen and oxygen atoms in total. The van der Waals surface area contributed by atoms with Gasteiger partial charge in [-0.3, -0.25) is 15.1 Å². The largest absolute Gasteiger partial charge is 0.355 e. The molecule has 2 aliphatic heterocycles. The fraction of sp³-hybridized carbons (Fsp3) is 0.346. The first-order valence-electron chi connectivity index (χ1n) is 11.8. The number of amides is 3. The van der Waals surface area contributed by atoms with Gasteiger partial charge in [-0.15, -0.1) is 0 Å². The minimum absolute atomic E-state index is 0.0256. The zero-order chi connectivity index (χ0) is 24.5. The van der Waals surface area contributed by atoms with E-state index in [1.807, 2.05) is 18.2 Å². The molecule has 0 bridgehead atoms. The van der Waals surface area contributed by atoms with Crippen molar-refractivity contribution >= 4 is 28.4 Å². The molecule has 2 N–H and O–H groups in total. The predicted octanol–water partition coefficient (Wildman–Crippen LogP) is 4.08. The molecule has 178 valence electrons. The molecule has 2 atom stereocenters. The fourth-order valence-corrected chi connectivity index (χ4v) is 5.68. The normalized spacial score (nSPS) is 18.8. The third-order valence-corrected chi connectivity index (χ3v) is 7.65. The first-order chi connectivity index (χ1) is 17.0. The van der Waals surface area contributed by atoms with Gasteiger partial charge in [0.25, 0.3) is 0 Å². The van der Waals surface area contributed by atoms with Crippen molar-refractivity contribution in [1.82, 2.24) is 20.2 Å². The lowest BCUT2D eigenvalue weighted by Crippen LogP contribution is -2.36. The number of thiazole rings is 1. The maximum absolute atomic E-state index is 13.0. The number of likely N-dealkylation sites (tertiary alicyclic amines) is 1. The summed E-state index contributed by atoms with van der Waals surface area (Å²) in [4.78, 5) is 37.1. The molecule has 0 unspecified atom stereocenters. The Morgan fingerprint density at radius 2 is 1.94 bits per heavy atom. The Morgan fingerprint density at radius 1 is 1.17 bits per heavy atom. The van der Waals surface area contributed by atoms with Crippen LogP contribution in [0.2, 0.25) is 0 Å². The minimum atomic E-state index is -0.247. The van der Waals surface area contributed by atoms with Crippen molar-refractivity contribution in [2.75, 3.05) is 25.0 Å². The van der Waals surface area contributed by atoms with E-state index in [1.54, 1.807) is 11.0 Å². The lowest BCUT2D eigenvalue weighted by molar-refractivity contribution is -0.122. The molecule has 0 spiro atoms. The SMILES string of the molecule is CCc1cc(-c2sc(NC(=O)N3C[C@@H]4CNC(=O)[C@@H]4C3)nc2-c2cccc(C#N)c2)cc(CC)n1. The number of carbonyl (C=O) groups is 2. The maximum Gasteiger partial charge on any atom is 0.323 e. The fourth-order valence-electron chi connectivity index (χ4n) is 4.72. The van der Waals surface area contributed by atoms with Gasteiger partial charge in [-0.1, -0.05) is 37.3 Å². The van der Waals surface area contributed by atoms with Crippen molar-refractivity contribution in [2.45, 2.75) is 26.7 Å². The van der Waals surface area contributed by atoms with Crippen molar-refractivity contribution in [3.63, 3.8) is 0 Å². The van der Waals surface area contributed by atoms with Gasteiger partial charge < -0.3 is 10.2 Å². The summed E-state index contributed by atoms with van der Waals surface area (Å²) in [5.41, 5.74) is 5.07. The summed E-state index contributed by atoms with van der Waals surface area (Å²) in [6.45, 7) is 5.74. The van der Waals surface area contributed by atoms with Gasteiger partial charge in [0, 0.05) is 42.5 Å². The Bertz CT molecular complexity index is 1320. The Labute approximate surface area is 208 Å². The number of nitrogens with one attached hydrogen (secondary N) is 2.